The van der Waals surface area contributed by atoms with E-state index in [-0.39, 0.29) is 11.1 Å². The van der Waals surface area contributed by atoms with Gasteiger partial charge in [0.15, 0.2) is 0 Å². The van der Waals surface area contributed by atoms with Gasteiger partial charge in [0, 0.05) is 21.7 Å². The number of aromatic carboxylic acids is 1. The van der Waals surface area contributed by atoms with Crippen LogP contribution in [-0.4, -0.2) is 16.1 Å². The van der Waals surface area contributed by atoms with Crippen molar-refractivity contribution in [3.63, 3.8) is 0 Å². The highest BCUT2D eigenvalue weighted by molar-refractivity contribution is 7.09. The Labute approximate surface area is 99.1 Å². The monoisotopic (exact) mass is 245 g/mol. The lowest BCUT2D eigenvalue weighted by molar-refractivity contribution is 0.0697. The van der Waals surface area contributed by atoms with Crippen molar-refractivity contribution in [2.75, 3.05) is 0 Å². The largest absolute Gasteiger partial charge is 0.478 e. The normalized spacial score (nSPS) is 11.1. The number of thiophene rings is 1. The first kappa shape index (κ1) is 10.0. The molecule has 0 aliphatic rings. The molecule has 0 unspecified atom stereocenters. The molecule has 17 heavy (non-hydrogen) atoms. The third-order valence-electron chi connectivity index (χ3n) is 2.71. The molecule has 0 bridgehead atoms. The standard InChI is InChI=1S/C12H7NO3S/c14-11-9-5-17-4-8(9)7-2-1-6(12(15)16)3-10(7)13-11/h1-5H,(H,13,14)(H,15,16). The highest BCUT2D eigenvalue weighted by Gasteiger charge is 2.08. The molecule has 0 radical (unpaired) electrons. The van der Waals surface area contributed by atoms with Crippen molar-refractivity contribution in [1.29, 1.82) is 0 Å². The summed E-state index contributed by atoms with van der Waals surface area (Å²) in [6, 6.07) is 4.75. The summed E-state index contributed by atoms with van der Waals surface area (Å²) in [6.07, 6.45) is 0. The third kappa shape index (κ3) is 1.43. The minimum Gasteiger partial charge on any atom is -0.478 e. The Kier molecular flexibility index (Phi) is 2.02. The van der Waals surface area contributed by atoms with E-state index in [1.54, 1.807) is 17.5 Å². The molecule has 0 amide bonds. The number of H-pyrrole nitrogens is 1. The third-order valence-corrected chi connectivity index (χ3v) is 3.46. The first-order valence-electron chi connectivity index (χ1n) is 4.92. The molecule has 2 N–H and O–H groups in total. The maximum atomic E-state index is 11.7. The molecule has 0 saturated carbocycles. The van der Waals surface area contributed by atoms with Crippen LogP contribution in [0.4, 0.5) is 0 Å². The molecular formula is C12H7NO3S. The van der Waals surface area contributed by atoms with Crippen LogP contribution >= 0.6 is 11.3 Å². The van der Waals surface area contributed by atoms with Gasteiger partial charge in [0.2, 0.25) is 0 Å². The number of carboxylic acid groups (broad SMARTS) is 1. The number of fused-ring (bicyclic) bond motifs is 3. The molecule has 0 aliphatic heterocycles. The van der Waals surface area contributed by atoms with Gasteiger partial charge in [-0.25, -0.2) is 4.79 Å². The van der Waals surface area contributed by atoms with Crippen LogP contribution in [0.5, 0.6) is 0 Å². The summed E-state index contributed by atoms with van der Waals surface area (Å²) in [6.45, 7) is 0. The second-order valence-electron chi connectivity index (χ2n) is 3.72. The fourth-order valence-electron chi connectivity index (χ4n) is 1.89. The molecule has 5 heteroatoms. The molecular weight excluding hydrogens is 238 g/mol. The highest BCUT2D eigenvalue weighted by atomic mass is 32.1. The van der Waals surface area contributed by atoms with Gasteiger partial charge in [-0.1, -0.05) is 6.07 Å². The number of hydrogen-bond acceptors (Lipinski definition) is 3. The van der Waals surface area contributed by atoms with E-state index >= 15 is 0 Å². The number of carboxylic acids is 1. The quantitative estimate of drug-likeness (QED) is 0.691. The Morgan fingerprint density at radius 3 is 2.71 bits per heavy atom. The Balaban J connectivity index is 2.50. The van der Waals surface area contributed by atoms with Crippen LogP contribution in [0.3, 0.4) is 0 Å². The van der Waals surface area contributed by atoms with Gasteiger partial charge in [-0.05, 0) is 17.5 Å². The molecule has 1 aromatic carbocycles. The van der Waals surface area contributed by atoms with Gasteiger partial charge in [0.25, 0.3) is 5.56 Å². The summed E-state index contributed by atoms with van der Waals surface area (Å²) < 4.78 is 0. The smallest absolute Gasteiger partial charge is 0.335 e. The number of pyridine rings is 1. The molecule has 3 aromatic rings. The molecule has 0 fully saturated rings. The number of carbonyl (C=O) groups is 1. The van der Waals surface area contributed by atoms with E-state index in [4.69, 9.17) is 5.11 Å². The lowest BCUT2D eigenvalue weighted by Crippen LogP contribution is -2.05. The Hall–Kier alpha value is -2.14. The maximum Gasteiger partial charge on any atom is 0.335 e. The van der Waals surface area contributed by atoms with Gasteiger partial charge < -0.3 is 10.1 Å². The summed E-state index contributed by atoms with van der Waals surface area (Å²) in [5.74, 6) is -1.00. The van der Waals surface area contributed by atoms with Gasteiger partial charge in [0.05, 0.1) is 10.9 Å². The first-order valence-corrected chi connectivity index (χ1v) is 5.86. The van der Waals surface area contributed by atoms with Crippen molar-refractivity contribution in [1.82, 2.24) is 4.98 Å². The summed E-state index contributed by atoms with van der Waals surface area (Å²) in [7, 11) is 0. The van der Waals surface area contributed by atoms with E-state index < -0.39 is 5.97 Å². The predicted molar refractivity (Wildman–Crippen MR) is 66.9 cm³/mol. The fourth-order valence-corrected chi connectivity index (χ4v) is 2.71. The molecule has 0 saturated heterocycles. The zero-order valence-corrected chi connectivity index (χ0v) is 9.38. The van der Waals surface area contributed by atoms with E-state index in [0.29, 0.717) is 10.9 Å². The molecule has 0 atom stereocenters. The average Bonchev–Trinajstić information content (AvgIpc) is 2.78. The van der Waals surface area contributed by atoms with E-state index in [2.05, 4.69) is 4.98 Å². The summed E-state index contributed by atoms with van der Waals surface area (Å²) in [4.78, 5) is 25.3. The number of benzene rings is 1. The summed E-state index contributed by atoms with van der Waals surface area (Å²) in [5.41, 5.74) is 0.541. The van der Waals surface area contributed by atoms with Gasteiger partial charge >= 0.3 is 5.97 Å². The molecule has 0 aliphatic carbocycles. The second kappa shape index (κ2) is 3.43. The summed E-state index contributed by atoms with van der Waals surface area (Å²) >= 11 is 1.46. The van der Waals surface area contributed by atoms with Crippen molar-refractivity contribution in [2.24, 2.45) is 0 Å². The molecule has 0 spiro atoms. The zero-order chi connectivity index (χ0) is 12.0. The minimum atomic E-state index is -1.00. The Morgan fingerprint density at radius 2 is 1.94 bits per heavy atom. The molecule has 3 rings (SSSR count). The minimum absolute atomic E-state index is 0.169. The van der Waals surface area contributed by atoms with E-state index in [1.165, 1.54) is 17.4 Å². The van der Waals surface area contributed by atoms with Gasteiger partial charge in [0.1, 0.15) is 0 Å². The average molecular weight is 245 g/mol. The Bertz CT molecular complexity index is 800. The van der Waals surface area contributed by atoms with Crippen LogP contribution in [0.25, 0.3) is 21.7 Å². The van der Waals surface area contributed by atoms with Crippen molar-refractivity contribution in [3.05, 3.63) is 44.9 Å². The predicted octanol–water partition coefficient (Wildman–Crippen LogP) is 2.44. The van der Waals surface area contributed by atoms with Gasteiger partial charge in [-0.3, -0.25) is 4.79 Å². The van der Waals surface area contributed by atoms with Crippen LogP contribution in [0.15, 0.2) is 33.8 Å². The van der Waals surface area contributed by atoms with Crippen LogP contribution < -0.4 is 5.56 Å². The molecule has 4 nitrogen and oxygen atoms in total. The SMILES string of the molecule is O=C(O)c1ccc2c(c1)[nH]c(=O)c1cscc12. The topological polar surface area (TPSA) is 70.2 Å². The molecule has 2 heterocycles. The van der Waals surface area contributed by atoms with Crippen molar-refractivity contribution in [2.45, 2.75) is 0 Å². The number of hydrogen-bond donors (Lipinski definition) is 2. The number of aromatic nitrogens is 1. The second-order valence-corrected chi connectivity index (χ2v) is 4.46. The highest BCUT2D eigenvalue weighted by Crippen LogP contribution is 2.24. The number of nitrogens with one attached hydrogen (secondary N) is 1. The lowest BCUT2D eigenvalue weighted by atomic mass is 10.1. The van der Waals surface area contributed by atoms with Crippen molar-refractivity contribution >= 4 is 39.0 Å². The van der Waals surface area contributed by atoms with E-state index in [0.717, 1.165) is 10.8 Å². The maximum absolute atomic E-state index is 11.7. The first-order chi connectivity index (χ1) is 8.16. The Morgan fingerprint density at radius 1 is 1.18 bits per heavy atom. The summed E-state index contributed by atoms with van der Waals surface area (Å²) in [5, 5.41) is 15.0. The van der Waals surface area contributed by atoms with Crippen LogP contribution in [0.1, 0.15) is 10.4 Å². The van der Waals surface area contributed by atoms with Crippen molar-refractivity contribution in [3.8, 4) is 0 Å². The van der Waals surface area contributed by atoms with Crippen LogP contribution in [-0.2, 0) is 0 Å². The fraction of sp³-hybridized carbons (Fsp3) is 0. The number of rotatable bonds is 1. The van der Waals surface area contributed by atoms with Crippen molar-refractivity contribution < 1.29 is 9.90 Å². The molecule has 2 aromatic heterocycles. The van der Waals surface area contributed by atoms with E-state index in [1.807, 2.05) is 5.38 Å². The van der Waals surface area contributed by atoms with Crippen LogP contribution in [0.2, 0.25) is 0 Å². The van der Waals surface area contributed by atoms with Gasteiger partial charge in [-0.2, -0.15) is 11.3 Å². The van der Waals surface area contributed by atoms with Crippen LogP contribution in [0, 0.1) is 0 Å². The molecule has 84 valence electrons. The van der Waals surface area contributed by atoms with E-state index in [9.17, 15) is 9.59 Å². The zero-order valence-electron chi connectivity index (χ0n) is 8.56. The number of aromatic amines is 1. The van der Waals surface area contributed by atoms with Gasteiger partial charge in [-0.15, -0.1) is 0 Å². The lowest BCUT2D eigenvalue weighted by Gasteiger charge is -2.01.